The second kappa shape index (κ2) is 9.00. The molecule has 1 aromatic carbocycles. The Morgan fingerprint density at radius 2 is 1.83 bits per heavy atom. The van der Waals surface area contributed by atoms with Gasteiger partial charge in [0, 0.05) is 26.2 Å². The number of rotatable bonds is 9. The molecule has 0 aromatic heterocycles. The van der Waals surface area contributed by atoms with Gasteiger partial charge in [-0.25, -0.2) is 8.42 Å². The van der Waals surface area contributed by atoms with Crippen molar-refractivity contribution >= 4 is 15.9 Å². The maximum absolute atomic E-state index is 12.6. The fourth-order valence-corrected chi connectivity index (χ4v) is 2.89. The summed E-state index contributed by atoms with van der Waals surface area (Å²) in [4.78, 5) is 14.3. The van der Waals surface area contributed by atoms with Crippen LogP contribution in [0.3, 0.4) is 0 Å². The number of carbonyl (C=O) groups excluding carboxylic acids is 1. The number of amides is 1. The van der Waals surface area contributed by atoms with E-state index in [-0.39, 0.29) is 31.6 Å². The van der Waals surface area contributed by atoms with E-state index >= 15 is 0 Å². The van der Waals surface area contributed by atoms with Crippen molar-refractivity contribution in [1.29, 1.82) is 0 Å². The second-order valence-corrected chi connectivity index (χ2v) is 7.67. The lowest BCUT2D eigenvalue weighted by atomic mass is 10.2. The van der Waals surface area contributed by atoms with Crippen LogP contribution >= 0.6 is 0 Å². The molecule has 0 fully saturated rings. The number of hydrogen-bond donors (Lipinski definition) is 0. The first-order chi connectivity index (χ1) is 10.8. The molecular formula is C16H26N2O4S. The molecule has 0 unspecified atom stereocenters. The van der Waals surface area contributed by atoms with Crippen molar-refractivity contribution in [3.05, 3.63) is 35.9 Å². The van der Waals surface area contributed by atoms with Crippen LogP contribution in [0.5, 0.6) is 0 Å². The van der Waals surface area contributed by atoms with Gasteiger partial charge in [0.05, 0.1) is 19.4 Å². The first kappa shape index (κ1) is 19.6. The van der Waals surface area contributed by atoms with Gasteiger partial charge in [-0.15, -0.1) is 0 Å². The zero-order valence-electron chi connectivity index (χ0n) is 14.2. The summed E-state index contributed by atoms with van der Waals surface area (Å²) >= 11 is 0. The Balaban J connectivity index is 2.84. The lowest BCUT2D eigenvalue weighted by Gasteiger charge is -2.29. The van der Waals surface area contributed by atoms with E-state index in [4.69, 9.17) is 4.74 Å². The largest absolute Gasteiger partial charge is 0.383 e. The van der Waals surface area contributed by atoms with Gasteiger partial charge in [0.25, 0.3) is 0 Å². The third-order valence-electron chi connectivity index (χ3n) is 3.46. The number of hydrogen-bond acceptors (Lipinski definition) is 4. The average Bonchev–Trinajstić information content (AvgIpc) is 2.48. The van der Waals surface area contributed by atoms with Gasteiger partial charge in [-0.1, -0.05) is 30.3 Å². The predicted octanol–water partition coefficient (Wildman–Crippen LogP) is 1.33. The smallest absolute Gasteiger partial charge is 0.238 e. The van der Waals surface area contributed by atoms with Gasteiger partial charge in [0.1, 0.15) is 0 Å². The summed E-state index contributed by atoms with van der Waals surface area (Å²) in [6.07, 6.45) is 1.10. The quantitative estimate of drug-likeness (QED) is 0.679. The van der Waals surface area contributed by atoms with E-state index in [0.717, 1.165) is 16.1 Å². The molecule has 1 rings (SSSR count). The normalized spacial score (nSPS) is 11.9. The molecule has 0 N–H and O–H groups in total. The highest BCUT2D eigenvalue weighted by Crippen LogP contribution is 2.10. The molecule has 130 valence electrons. The molecule has 0 saturated carbocycles. The number of nitrogens with zero attached hydrogens (tertiary/aromatic N) is 2. The van der Waals surface area contributed by atoms with Crippen molar-refractivity contribution in [3.8, 4) is 0 Å². The Morgan fingerprint density at radius 3 is 2.30 bits per heavy atom. The first-order valence-corrected chi connectivity index (χ1v) is 9.38. The number of benzene rings is 1. The third kappa shape index (κ3) is 6.68. The molecule has 0 saturated heterocycles. The van der Waals surface area contributed by atoms with Crippen LogP contribution in [0, 0.1) is 0 Å². The van der Waals surface area contributed by atoms with Gasteiger partial charge in [0.2, 0.25) is 15.9 Å². The zero-order chi connectivity index (χ0) is 17.5. The van der Waals surface area contributed by atoms with Crippen molar-refractivity contribution in [2.24, 2.45) is 0 Å². The summed E-state index contributed by atoms with van der Waals surface area (Å²) in [5, 5.41) is 0. The van der Waals surface area contributed by atoms with E-state index in [1.807, 2.05) is 44.2 Å². The van der Waals surface area contributed by atoms with Crippen LogP contribution in [-0.4, -0.2) is 62.6 Å². The Labute approximate surface area is 139 Å². The van der Waals surface area contributed by atoms with E-state index in [0.29, 0.717) is 6.54 Å². The van der Waals surface area contributed by atoms with Gasteiger partial charge in [-0.05, 0) is 19.4 Å². The minimum absolute atomic E-state index is 0.0217. The molecule has 7 heteroatoms. The molecule has 0 aliphatic heterocycles. The highest BCUT2D eigenvalue weighted by molar-refractivity contribution is 7.88. The van der Waals surface area contributed by atoms with E-state index in [1.54, 1.807) is 4.90 Å². The minimum Gasteiger partial charge on any atom is -0.383 e. The van der Waals surface area contributed by atoms with Crippen LogP contribution in [-0.2, 0) is 26.1 Å². The highest BCUT2D eigenvalue weighted by atomic mass is 32.2. The van der Waals surface area contributed by atoms with Crippen LogP contribution < -0.4 is 0 Å². The van der Waals surface area contributed by atoms with Gasteiger partial charge in [-0.3, -0.25) is 4.79 Å². The lowest BCUT2D eigenvalue weighted by Crippen LogP contribution is -2.45. The number of ether oxygens (including phenoxy) is 1. The monoisotopic (exact) mass is 342 g/mol. The fourth-order valence-electron chi connectivity index (χ4n) is 2.14. The first-order valence-electron chi connectivity index (χ1n) is 7.53. The van der Waals surface area contributed by atoms with E-state index in [1.165, 1.54) is 7.11 Å². The van der Waals surface area contributed by atoms with Gasteiger partial charge >= 0.3 is 0 Å². The molecule has 0 aliphatic carbocycles. The molecule has 0 bridgehead atoms. The molecule has 1 amide bonds. The Morgan fingerprint density at radius 1 is 1.22 bits per heavy atom. The molecular weight excluding hydrogens is 316 g/mol. The Kier molecular flexibility index (Phi) is 7.67. The van der Waals surface area contributed by atoms with Crippen molar-refractivity contribution in [2.45, 2.75) is 26.4 Å². The van der Waals surface area contributed by atoms with Gasteiger partial charge < -0.3 is 9.64 Å². The summed E-state index contributed by atoms with van der Waals surface area (Å²) in [5.74, 6) is -0.217. The molecule has 1 aromatic rings. The van der Waals surface area contributed by atoms with Crippen molar-refractivity contribution in [2.75, 3.05) is 33.1 Å². The third-order valence-corrected chi connectivity index (χ3v) is 4.71. The van der Waals surface area contributed by atoms with E-state index in [9.17, 15) is 13.2 Å². The molecule has 6 nitrogen and oxygen atoms in total. The van der Waals surface area contributed by atoms with Crippen LogP contribution in [0.2, 0.25) is 0 Å². The summed E-state index contributed by atoms with van der Waals surface area (Å²) in [7, 11) is -1.96. The SMILES string of the molecule is COCCN(CC(=O)N(Cc1ccccc1)C(C)C)S(C)(=O)=O. The van der Waals surface area contributed by atoms with Crippen molar-refractivity contribution in [3.63, 3.8) is 0 Å². The van der Waals surface area contributed by atoms with Crippen LogP contribution in [0.4, 0.5) is 0 Å². The second-order valence-electron chi connectivity index (χ2n) is 5.69. The maximum atomic E-state index is 12.6. The summed E-state index contributed by atoms with van der Waals surface area (Å²) in [6, 6.07) is 9.62. The number of carbonyl (C=O) groups is 1. The predicted molar refractivity (Wildman–Crippen MR) is 90.4 cm³/mol. The zero-order valence-corrected chi connectivity index (χ0v) is 15.0. The summed E-state index contributed by atoms with van der Waals surface area (Å²) in [5.41, 5.74) is 1.01. The maximum Gasteiger partial charge on any atom is 0.238 e. The van der Waals surface area contributed by atoms with E-state index in [2.05, 4.69) is 0 Å². The summed E-state index contributed by atoms with van der Waals surface area (Å²) < 4.78 is 29.7. The Hall–Kier alpha value is -1.44. The molecule has 0 spiro atoms. The molecule has 23 heavy (non-hydrogen) atoms. The molecule has 0 atom stereocenters. The average molecular weight is 342 g/mol. The van der Waals surface area contributed by atoms with Crippen LogP contribution in [0.1, 0.15) is 19.4 Å². The van der Waals surface area contributed by atoms with Crippen LogP contribution in [0.25, 0.3) is 0 Å². The minimum atomic E-state index is -3.46. The van der Waals surface area contributed by atoms with Gasteiger partial charge in [0.15, 0.2) is 0 Å². The van der Waals surface area contributed by atoms with Crippen molar-refractivity contribution < 1.29 is 17.9 Å². The number of sulfonamides is 1. The Bertz CT molecular complexity index is 587. The van der Waals surface area contributed by atoms with Crippen LogP contribution in [0.15, 0.2) is 30.3 Å². The summed E-state index contributed by atoms with van der Waals surface area (Å²) in [6.45, 7) is 4.53. The topological polar surface area (TPSA) is 66.9 Å². The molecule has 0 radical (unpaired) electrons. The van der Waals surface area contributed by atoms with Gasteiger partial charge in [-0.2, -0.15) is 4.31 Å². The van der Waals surface area contributed by atoms with Crippen molar-refractivity contribution in [1.82, 2.24) is 9.21 Å². The highest BCUT2D eigenvalue weighted by Gasteiger charge is 2.24. The molecule has 0 aliphatic rings. The standard InChI is InChI=1S/C16H26N2O4S/c1-14(2)18(12-15-8-6-5-7-9-15)16(19)13-17(10-11-22-3)23(4,20)21/h5-9,14H,10-13H2,1-4H3. The molecule has 0 heterocycles. The lowest BCUT2D eigenvalue weighted by molar-refractivity contribution is -0.133. The fraction of sp³-hybridized carbons (Fsp3) is 0.562. The van der Waals surface area contributed by atoms with E-state index < -0.39 is 10.0 Å². The number of methoxy groups -OCH3 is 1.